The predicted molar refractivity (Wildman–Crippen MR) is 100 cm³/mol. The Morgan fingerprint density at radius 3 is 2.32 bits per heavy atom. The van der Waals surface area contributed by atoms with Crippen LogP contribution >= 0.6 is 0 Å². The van der Waals surface area contributed by atoms with Gasteiger partial charge in [-0.15, -0.1) is 0 Å². The van der Waals surface area contributed by atoms with Crippen LogP contribution in [0.3, 0.4) is 0 Å². The molecule has 0 aromatic rings. The minimum absolute atomic E-state index is 0.113. The summed E-state index contributed by atoms with van der Waals surface area (Å²) in [6.45, 7) is 11.3. The molecule has 2 saturated heterocycles. The smallest absolute Gasteiger partial charge is 0.413 e. The predicted octanol–water partition coefficient (Wildman–Crippen LogP) is 2.59. The van der Waals surface area contributed by atoms with Gasteiger partial charge in [-0.25, -0.2) is 13.6 Å². The van der Waals surface area contributed by atoms with Crippen LogP contribution in [-0.2, 0) is 14.3 Å². The van der Waals surface area contributed by atoms with E-state index in [4.69, 9.17) is 9.47 Å². The first-order valence-electron chi connectivity index (χ1n) is 9.81. The Labute approximate surface area is 165 Å². The molecule has 2 atom stereocenters. The largest absolute Gasteiger partial charge is 0.444 e. The first-order valence-corrected chi connectivity index (χ1v) is 9.81. The summed E-state index contributed by atoms with van der Waals surface area (Å²) in [5, 5.41) is 2.97. The van der Waals surface area contributed by atoms with E-state index in [9.17, 15) is 18.4 Å². The number of alkyl halides is 2. The van der Waals surface area contributed by atoms with E-state index in [1.807, 2.05) is 0 Å². The third kappa shape index (κ3) is 5.76. The Balaban J connectivity index is 2.03. The van der Waals surface area contributed by atoms with Crippen molar-refractivity contribution < 1.29 is 27.8 Å². The summed E-state index contributed by atoms with van der Waals surface area (Å²) in [7, 11) is 0. The lowest BCUT2D eigenvalue weighted by molar-refractivity contribution is -0.128. The normalized spacial score (nSPS) is 26.5. The van der Waals surface area contributed by atoms with Gasteiger partial charge in [-0.1, -0.05) is 0 Å². The van der Waals surface area contributed by atoms with Crippen LogP contribution in [0.1, 0.15) is 54.4 Å². The van der Waals surface area contributed by atoms with Crippen molar-refractivity contribution in [1.82, 2.24) is 15.1 Å². The summed E-state index contributed by atoms with van der Waals surface area (Å²) < 4.78 is 36.3. The van der Waals surface area contributed by atoms with Crippen molar-refractivity contribution >= 4 is 12.0 Å². The molecular weight excluding hydrogens is 372 g/mol. The van der Waals surface area contributed by atoms with Crippen LogP contribution in [0.5, 0.6) is 0 Å². The summed E-state index contributed by atoms with van der Waals surface area (Å²) in [5.74, 6) is -0.309. The molecule has 1 N–H and O–H groups in total. The fourth-order valence-corrected chi connectivity index (χ4v) is 3.84. The van der Waals surface area contributed by atoms with Gasteiger partial charge >= 0.3 is 6.09 Å². The number of halogens is 2. The van der Waals surface area contributed by atoms with Crippen LogP contribution < -0.4 is 5.32 Å². The summed E-state index contributed by atoms with van der Waals surface area (Å²) in [6.07, 6.45) is -2.27. The first-order chi connectivity index (χ1) is 12.8. The standard InChI is InChI=1S/C19H33F2N3O4/c1-12-15(24(19(5,6)27-12)17(26)28-18(2,3)4)16(25)22-13-7-9-23(10-8-13)11-14(20)21/h12-15H,7-11H2,1-6H3,(H,22,25)/t12-,15+/m1/s1. The molecule has 0 radical (unpaired) electrons. The minimum atomic E-state index is -2.35. The van der Waals surface area contributed by atoms with Gasteiger partial charge in [0.1, 0.15) is 17.4 Å². The topological polar surface area (TPSA) is 71.1 Å². The van der Waals surface area contributed by atoms with Gasteiger partial charge in [0, 0.05) is 19.1 Å². The number of nitrogens with one attached hydrogen (secondary N) is 1. The molecule has 2 fully saturated rings. The van der Waals surface area contributed by atoms with Crippen molar-refractivity contribution in [3.63, 3.8) is 0 Å². The number of hydrogen-bond donors (Lipinski definition) is 1. The molecule has 0 aromatic heterocycles. The zero-order chi connectivity index (χ0) is 21.3. The molecule has 2 aliphatic rings. The molecule has 0 spiro atoms. The van der Waals surface area contributed by atoms with Gasteiger partial charge in [0.15, 0.2) is 0 Å². The van der Waals surface area contributed by atoms with Crippen molar-refractivity contribution in [1.29, 1.82) is 0 Å². The minimum Gasteiger partial charge on any atom is -0.444 e. The van der Waals surface area contributed by atoms with Gasteiger partial charge in [-0.2, -0.15) is 0 Å². The van der Waals surface area contributed by atoms with Crippen molar-refractivity contribution in [2.75, 3.05) is 19.6 Å². The fourth-order valence-electron chi connectivity index (χ4n) is 3.84. The Bertz CT molecular complexity index is 572. The number of likely N-dealkylation sites (tertiary alicyclic amines) is 1. The third-order valence-corrected chi connectivity index (χ3v) is 4.97. The maximum Gasteiger partial charge on any atom is 0.413 e. The van der Waals surface area contributed by atoms with E-state index in [2.05, 4.69) is 5.32 Å². The molecule has 28 heavy (non-hydrogen) atoms. The van der Waals surface area contributed by atoms with Crippen LogP contribution in [0, 0.1) is 0 Å². The summed E-state index contributed by atoms with van der Waals surface area (Å²) in [4.78, 5) is 28.8. The second kappa shape index (κ2) is 8.49. The van der Waals surface area contributed by atoms with Crippen LogP contribution in [0.4, 0.5) is 13.6 Å². The van der Waals surface area contributed by atoms with Crippen molar-refractivity contribution in [2.24, 2.45) is 0 Å². The molecule has 0 unspecified atom stereocenters. The molecule has 162 valence electrons. The average molecular weight is 405 g/mol. The van der Waals surface area contributed by atoms with E-state index in [1.54, 1.807) is 46.4 Å². The number of ether oxygens (including phenoxy) is 2. The molecule has 0 aliphatic carbocycles. The summed E-state index contributed by atoms with van der Waals surface area (Å²) in [6, 6.07) is -0.929. The van der Waals surface area contributed by atoms with Gasteiger partial charge in [0.05, 0.1) is 12.6 Å². The molecule has 0 aromatic carbocycles. The monoisotopic (exact) mass is 405 g/mol. The Morgan fingerprint density at radius 2 is 1.82 bits per heavy atom. The molecule has 2 aliphatic heterocycles. The molecule has 2 heterocycles. The highest BCUT2D eigenvalue weighted by molar-refractivity contribution is 5.87. The summed E-state index contributed by atoms with van der Waals surface area (Å²) in [5.41, 5.74) is -1.68. The van der Waals surface area contributed by atoms with Crippen LogP contribution in [0.15, 0.2) is 0 Å². The maximum absolute atomic E-state index is 13.0. The lowest BCUT2D eigenvalue weighted by Crippen LogP contribution is -2.57. The zero-order valence-electron chi connectivity index (χ0n) is 17.6. The van der Waals surface area contributed by atoms with E-state index in [0.717, 1.165) is 0 Å². The van der Waals surface area contributed by atoms with Crippen molar-refractivity contribution in [3.05, 3.63) is 0 Å². The summed E-state index contributed by atoms with van der Waals surface area (Å²) >= 11 is 0. The van der Waals surface area contributed by atoms with Gasteiger partial charge < -0.3 is 14.8 Å². The van der Waals surface area contributed by atoms with E-state index in [0.29, 0.717) is 25.9 Å². The maximum atomic E-state index is 13.0. The Kier molecular flexibility index (Phi) is 6.91. The zero-order valence-corrected chi connectivity index (χ0v) is 17.6. The SMILES string of the molecule is C[C@H]1OC(C)(C)N(C(=O)OC(C)(C)C)[C@@H]1C(=O)NC1CCN(CC(F)F)CC1. The fraction of sp³-hybridized carbons (Fsp3) is 0.895. The molecule has 2 amide bonds. The number of carbonyl (C=O) groups excluding carboxylic acids is 2. The molecule has 0 saturated carbocycles. The second-order valence-corrected chi connectivity index (χ2v) is 9.04. The quantitative estimate of drug-likeness (QED) is 0.779. The highest BCUT2D eigenvalue weighted by Crippen LogP contribution is 2.34. The molecular formula is C19H33F2N3O4. The third-order valence-electron chi connectivity index (χ3n) is 4.97. The van der Waals surface area contributed by atoms with Gasteiger partial charge in [-0.3, -0.25) is 14.6 Å². The van der Waals surface area contributed by atoms with Crippen molar-refractivity contribution in [2.45, 2.75) is 90.3 Å². The number of hydrogen-bond acceptors (Lipinski definition) is 5. The number of rotatable bonds is 4. The number of piperidine rings is 1. The number of nitrogens with zero attached hydrogens (tertiary/aromatic N) is 2. The highest BCUT2D eigenvalue weighted by atomic mass is 19.3. The van der Waals surface area contributed by atoms with E-state index in [1.165, 1.54) is 4.90 Å². The van der Waals surface area contributed by atoms with Crippen LogP contribution in [0.25, 0.3) is 0 Å². The average Bonchev–Trinajstić information content (AvgIpc) is 2.75. The lowest BCUT2D eigenvalue weighted by atomic mass is 10.0. The molecule has 9 heteroatoms. The van der Waals surface area contributed by atoms with E-state index >= 15 is 0 Å². The van der Waals surface area contributed by atoms with Gasteiger partial charge in [0.25, 0.3) is 6.43 Å². The molecule has 0 bridgehead atoms. The van der Waals surface area contributed by atoms with E-state index < -0.39 is 36.0 Å². The highest BCUT2D eigenvalue weighted by Gasteiger charge is 2.53. The van der Waals surface area contributed by atoms with E-state index in [-0.39, 0.29) is 18.5 Å². The second-order valence-electron chi connectivity index (χ2n) is 9.04. The van der Waals surface area contributed by atoms with Crippen LogP contribution in [-0.4, -0.2) is 77.4 Å². The van der Waals surface area contributed by atoms with Gasteiger partial charge in [-0.05, 0) is 54.4 Å². The van der Waals surface area contributed by atoms with Crippen molar-refractivity contribution in [3.8, 4) is 0 Å². The molecule has 2 rings (SSSR count). The van der Waals surface area contributed by atoms with Crippen LogP contribution in [0.2, 0.25) is 0 Å². The number of carbonyl (C=O) groups is 2. The first kappa shape index (κ1) is 22.8. The lowest BCUT2D eigenvalue weighted by Gasteiger charge is -2.36. The van der Waals surface area contributed by atoms with Gasteiger partial charge in [0.2, 0.25) is 5.91 Å². The molecule has 7 nitrogen and oxygen atoms in total. The Morgan fingerprint density at radius 1 is 1.25 bits per heavy atom. The Hall–Kier alpha value is -1.48. The number of amides is 2.